The highest BCUT2D eigenvalue weighted by atomic mass is 14.5. The molecule has 1 aromatic carbocycles. The third-order valence-electron chi connectivity index (χ3n) is 5.56. The van der Waals surface area contributed by atoms with Crippen molar-refractivity contribution in [1.82, 2.24) is 0 Å². The van der Waals surface area contributed by atoms with Crippen molar-refractivity contribution in [3.8, 4) is 0 Å². The number of benzene rings is 1. The van der Waals surface area contributed by atoms with Crippen LogP contribution in [0.3, 0.4) is 0 Å². The monoisotopic (exact) mass is 288 g/mol. The van der Waals surface area contributed by atoms with Gasteiger partial charge in [-0.25, -0.2) is 0 Å². The van der Waals surface area contributed by atoms with E-state index >= 15 is 0 Å². The molecule has 0 heteroatoms. The molecule has 0 nitrogen and oxygen atoms in total. The molecular weight excluding hydrogens is 252 g/mol. The van der Waals surface area contributed by atoms with Crippen LogP contribution in [-0.2, 0) is 6.42 Å². The lowest BCUT2D eigenvalue weighted by Gasteiger charge is -2.49. The Morgan fingerprint density at radius 3 is 1.95 bits per heavy atom. The van der Waals surface area contributed by atoms with Crippen LogP contribution in [0.1, 0.15) is 78.4 Å². The molecule has 0 bridgehead atoms. The fraction of sp³-hybridized carbons (Fsp3) is 0.714. The first kappa shape index (κ1) is 18.3. The second-order valence-corrected chi connectivity index (χ2v) is 8.15. The van der Waals surface area contributed by atoms with Crippen LogP contribution in [0, 0.1) is 23.7 Å². The third-order valence-corrected chi connectivity index (χ3v) is 5.56. The Morgan fingerprint density at radius 1 is 0.952 bits per heavy atom. The summed E-state index contributed by atoms with van der Waals surface area (Å²) in [4.78, 5) is 0. The molecule has 0 fully saturated rings. The van der Waals surface area contributed by atoms with E-state index in [-0.39, 0.29) is 0 Å². The standard InChI is InChI=1S/C21H36/c1-8-9-15-21(17(2)3,20(5,6)7)16-14-19-12-10-18(4)11-13-19/h10-13,17H,8-9,14-16H2,1-7H3. The quantitative estimate of drug-likeness (QED) is 0.517. The molecule has 21 heavy (non-hydrogen) atoms. The fourth-order valence-electron chi connectivity index (χ4n) is 3.93. The van der Waals surface area contributed by atoms with E-state index in [0.717, 1.165) is 5.92 Å². The molecule has 0 aliphatic carbocycles. The summed E-state index contributed by atoms with van der Waals surface area (Å²) in [5, 5.41) is 0. The first-order valence-electron chi connectivity index (χ1n) is 8.78. The van der Waals surface area contributed by atoms with Crippen LogP contribution >= 0.6 is 0 Å². The van der Waals surface area contributed by atoms with Crippen LogP contribution in [0.4, 0.5) is 0 Å². The lowest BCUT2D eigenvalue weighted by atomic mass is 9.56. The number of aryl methyl sites for hydroxylation is 2. The summed E-state index contributed by atoms with van der Waals surface area (Å²) in [6.45, 7) is 16.7. The number of rotatable bonds is 7. The van der Waals surface area contributed by atoms with E-state index in [1.54, 1.807) is 0 Å². The molecule has 0 saturated carbocycles. The Morgan fingerprint density at radius 2 is 1.52 bits per heavy atom. The summed E-state index contributed by atoms with van der Waals surface area (Å²) in [5.41, 5.74) is 3.65. The van der Waals surface area contributed by atoms with E-state index < -0.39 is 0 Å². The topological polar surface area (TPSA) is 0 Å². The van der Waals surface area contributed by atoms with E-state index in [2.05, 4.69) is 72.7 Å². The van der Waals surface area contributed by atoms with Gasteiger partial charge in [-0.2, -0.15) is 0 Å². The lowest BCUT2D eigenvalue weighted by molar-refractivity contribution is 0.00903. The SMILES string of the molecule is CCCCC(CCc1ccc(C)cc1)(C(C)C)C(C)(C)C. The number of hydrogen-bond donors (Lipinski definition) is 0. The Bertz CT molecular complexity index is 405. The van der Waals surface area contributed by atoms with E-state index in [9.17, 15) is 0 Å². The van der Waals surface area contributed by atoms with Crippen LogP contribution in [0.25, 0.3) is 0 Å². The van der Waals surface area contributed by atoms with Gasteiger partial charge in [-0.1, -0.05) is 84.2 Å². The molecule has 1 unspecified atom stereocenters. The van der Waals surface area contributed by atoms with Crippen molar-refractivity contribution in [3.05, 3.63) is 35.4 Å². The molecule has 0 radical (unpaired) electrons. The van der Waals surface area contributed by atoms with Gasteiger partial charge < -0.3 is 0 Å². The minimum absolute atomic E-state index is 0.362. The van der Waals surface area contributed by atoms with Crippen molar-refractivity contribution < 1.29 is 0 Å². The van der Waals surface area contributed by atoms with E-state index in [1.165, 1.54) is 43.2 Å². The molecule has 0 aliphatic heterocycles. The highest BCUT2D eigenvalue weighted by Crippen LogP contribution is 2.51. The van der Waals surface area contributed by atoms with Crippen LogP contribution in [0.2, 0.25) is 0 Å². The van der Waals surface area contributed by atoms with Crippen molar-refractivity contribution in [2.24, 2.45) is 16.7 Å². The maximum absolute atomic E-state index is 2.44. The molecule has 0 heterocycles. The van der Waals surface area contributed by atoms with Gasteiger partial charge in [0, 0.05) is 0 Å². The predicted octanol–water partition coefficient (Wildman–Crippen LogP) is 6.81. The Labute approximate surface area is 133 Å². The van der Waals surface area contributed by atoms with Gasteiger partial charge in [0.25, 0.3) is 0 Å². The van der Waals surface area contributed by atoms with Gasteiger partial charge in [-0.3, -0.25) is 0 Å². The Balaban J connectivity index is 2.92. The van der Waals surface area contributed by atoms with Gasteiger partial charge in [-0.15, -0.1) is 0 Å². The highest BCUT2D eigenvalue weighted by molar-refractivity contribution is 5.21. The van der Waals surface area contributed by atoms with Gasteiger partial charge in [0.15, 0.2) is 0 Å². The molecular formula is C21H36. The van der Waals surface area contributed by atoms with Crippen molar-refractivity contribution >= 4 is 0 Å². The highest BCUT2D eigenvalue weighted by Gasteiger charge is 2.43. The zero-order valence-corrected chi connectivity index (χ0v) is 15.4. The predicted molar refractivity (Wildman–Crippen MR) is 95.8 cm³/mol. The average Bonchev–Trinajstić information content (AvgIpc) is 2.39. The lowest BCUT2D eigenvalue weighted by Crippen LogP contribution is -2.41. The first-order valence-corrected chi connectivity index (χ1v) is 8.78. The maximum Gasteiger partial charge on any atom is -0.0223 e. The fourth-order valence-corrected chi connectivity index (χ4v) is 3.93. The molecule has 0 aliphatic rings. The first-order chi connectivity index (χ1) is 9.73. The van der Waals surface area contributed by atoms with Gasteiger partial charge in [0.1, 0.15) is 0 Å². The third kappa shape index (κ3) is 4.59. The van der Waals surface area contributed by atoms with Gasteiger partial charge >= 0.3 is 0 Å². The van der Waals surface area contributed by atoms with Crippen LogP contribution in [0.5, 0.6) is 0 Å². The second-order valence-electron chi connectivity index (χ2n) is 8.15. The van der Waals surface area contributed by atoms with Gasteiger partial charge in [0.2, 0.25) is 0 Å². The van der Waals surface area contributed by atoms with Crippen molar-refractivity contribution in [2.45, 2.75) is 80.6 Å². The van der Waals surface area contributed by atoms with Crippen molar-refractivity contribution in [1.29, 1.82) is 0 Å². The van der Waals surface area contributed by atoms with Crippen molar-refractivity contribution in [2.75, 3.05) is 0 Å². The summed E-state index contributed by atoms with van der Waals surface area (Å²) in [6, 6.07) is 9.11. The van der Waals surface area contributed by atoms with Gasteiger partial charge in [-0.05, 0) is 48.5 Å². The van der Waals surface area contributed by atoms with Crippen molar-refractivity contribution in [3.63, 3.8) is 0 Å². The van der Waals surface area contributed by atoms with E-state index in [4.69, 9.17) is 0 Å². The normalized spacial score (nSPS) is 15.2. The molecule has 0 saturated heterocycles. The van der Waals surface area contributed by atoms with Crippen LogP contribution < -0.4 is 0 Å². The molecule has 1 rings (SSSR count). The smallest absolute Gasteiger partial charge is 0.0223 e. The maximum atomic E-state index is 2.44. The van der Waals surface area contributed by atoms with Crippen LogP contribution in [0.15, 0.2) is 24.3 Å². The van der Waals surface area contributed by atoms with E-state index in [0.29, 0.717) is 10.8 Å². The summed E-state index contributed by atoms with van der Waals surface area (Å²) in [5.74, 6) is 0.731. The largest absolute Gasteiger partial charge is 0.0654 e. The minimum atomic E-state index is 0.362. The number of unbranched alkanes of at least 4 members (excludes halogenated alkanes) is 1. The number of hydrogen-bond acceptors (Lipinski definition) is 0. The van der Waals surface area contributed by atoms with Gasteiger partial charge in [0.05, 0.1) is 0 Å². The Kier molecular flexibility index (Phi) is 6.50. The second kappa shape index (κ2) is 7.47. The zero-order chi connectivity index (χ0) is 16.1. The van der Waals surface area contributed by atoms with E-state index in [1.807, 2.05) is 0 Å². The van der Waals surface area contributed by atoms with Crippen LogP contribution in [-0.4, -0.2) is 0 Å². The summed E-state index contributed by atoms with van der Waals surface area (Å²) in [7, 11) is 0. The molecule has 0 amide bonds. The molecule has 0 aromatic heterocycles. The minimum Gasteiger partial charge on any atom is -0.0654 e. The summed E-state index contributed by atoms with van der Waals surface area (Å²) >= 11 is 0. The molecule has 1 atom stereocenters. The Hall–Kier alpha value is -0.780. The molecule has 0 spiro atoms. The molecule has 0 N–H and O–H groups in total. The molecule has 1 aromatic rings. The summed E-state index contributed by atoms with van der Waals surface area (Å²) in [6.07, 6.45) is 6.52. The average molecular weight is 289 g/mol. The summed E-state index contributed by atoms with van der Waals surface area (Å²) < 4.78 is 0. The zero-order valence-electron chi connectivity index (χ0n) is 15.4. The molecule has 120 valence electrons.